The number of nitrogens with one attached hydrogen (secondary N) is 1. The molecule has 5 nitrogen and oxygen atoms in total. The van der Waals surface area contributed by atoms with Crippen LogP contribution in [0.5, 0.6) is 11.6 Å². The fraction of sp³-hybridized carbons (Fsp3) is 0.250. The third kappa shape index (κ3) is 3.93. The van der Waals surface area contributed by atoms with Crippen LogP contribution in [0, 0.1) is 0 Å². The van der Waals surface area contributed by atoms with Crippen LogP contribution in [0.2, 0.25) is 10.0 Å². The van der Waals surface area contributed by atoms with E-state index in [0.29, 0.717) is 23.1 Å². The molecular formula is C16H14Cl2N2O3. The topological polar surface area (TPSA) is 60.5 Å². The van der Waals surface area contributed by atoms with Gasteiger partial charge in [0, 0.05) is 12.8 Å². The molecule has 0 bridgehead atoms. The molecule has 1 fully saturated rings. The maximum absolute atomic E-state index is 12.2. The molecule has 1 aromatic heterocycles. The lowest BCUT2D eigenvalue weighted by molar-refractivity contribution is -0.124. The molecule has 23 heavy (non-hydrogen) atoms. The predicted octanol–water partition coefficient (Wildman–Crippen LogP) is 4.30. The highest BCUT2D eigenvalue weighted by Crippen LogP contribution is 2.33. The maximum Gasteiger partial charge on any atom is 0.253 e. The lowest BCUT2D eigenvalue weighted by Gasteiger charge is -2.14. The van der Waals surface area contributed by atoms with Crippen molar-refractivity contribution in [3.63, 3.8) is 0 Å². The minimum absolute atomic E-state index is 0.186. The molecule has 1 aliphatic rings. The van der Waals surface area contributed by atoms with Gasteiger partial charge in [0.2, 0.25) is 5.88 Å². The summed E-state index contributed by atoms with van der Waals surface area (Å²) in [5.74, 6) is 0.471. The Bertz CT molecular complexity index is 718. The Hall–Kier alpha value is -1.82. The van der Waals surface area contributed by atoms with Gasteiger partial charge in [-0.1, -0.05) is 35.3 Å². The number of aromatic nitrogens is 1. The van der Waals surface area contributed by atoms with E-state index in [4.69, 9.17) is 32.7 Å². The molecule has 2 aromatic rings. The second-order valence-electron chi connectivity index (χ2n) is 5.03. The lowest BCUT2D eigenvalue weighted by atomic mass is 10.2. The number of carbonyl (C=O) groups is 1. The number of anilines is 1. The van der Waals surface area contributed by atoms with Crippen molar-refractivity contribution in [2.24, 2.45) is 0 Å². The molecule has 1 saturated heterocycles. The molecular weight excluding hydrogens is 339 g/mol. The van der Waals surface area contributed by atoms with E-state index < -0.39 is 6.10 Å². The number of benzene rings is 1. The van der Waals surface area contributed by atoms with Crippen LogP contribution in [0.15, 0.2) is 36.5 Å². The van der Waals surface area contributed by atoms with Gasteiger partial charge in [-0.25, -0.2) is 4.98 Å². The summed E-state index contributed by atoms with van der Waals surface area (Å²) in [5, 5.41) is 3.53. The van der Waals surface area contributed by atoms with E-state index in [9.17, 15) is 4.79 Å². The molecule has 1 amide bonds. The van der Waals surface area contributed by atoms with Gasteiger partial charge in [0.25, 0.3) is 5.91 Å². The molecule has 2 heterocycles. The first-order valence-corrected chi connectivity index (χ1v) is 7.89. The zero-order chi connectivity index (χ0) is 16.2. The number of amides is 1. The van der Waals surface area contributed by atoms with Crippen molar-refractivity contribution in [3.8, 4) is 11.6 Å². The van der Waals surface area contributed by atoms with Crippen molar-refractivity contribution in [1.82, 2.24) is 4.98 Å². The highest BCUT2D eigenvalue weighted by atomic mass is 35.5. The number of nitrogens with zero attached hydrogens (tertiary/aromatic N) is 1. The molecule has 0 aliphatic carbocycles. The van der Waals surface area contributed by atoms with Gasteiger partial charge in [0.15, 0.2) is 5.75 Å². The van der Waals surface area contributed by atoms with E-state index in [-0.39, 0.29) is 16.8 Å². The maximum atomic E-state index is 12.2. The highest BCUT2D eigenvalue weighted by Gasteiger charge is 2.24. The van der Waals surface area contributed by atoms with Gasteiger partial charge in [-0.05, 0) is 31.0 Å². The van der Waals surface area contributed by atoms with E-state index in [2.05, 4.69) is 10.3 Å². The van der Waals surface area contributed by atoms with E-state index in [0.717, 1.165) is 12.8 Å². The van der Waals surface area contributed by atoms with Gasteiger partial charge in [-0.3, -0.25) is 4.79 Å². The standard InChI is InChI=1S/C16H14Cl2N2O3/c17-10-8-11(18)16(19-9-10)23-13-5-2-1-4-12(13)20-15(21)14-6-3-7-22-14/h1-2,4-5,8-9,14H,3,6-7H2,(H,20,21)/t14-/m1/s1. The number of hydrogen-bond acceptors (Lipinski definition) is 4. The molecule has 1 aliphatic heterocycles. The van der Waals surface area contributed by atoms with E-state index in [1.165, 1.54) is 6.20 Å². The molecule has 0 spiro atoms. The summed E-state index contributed by atoms with van der Waals surface area (Å²) in [6.07, 6.45) is 2.64. The highest BCUT2D eigenvalue weighted by molar-refractivity contribution is 6.35. The molecule has 3 rings (SSSR count). The fourth-order valence-electron chi connectivity index (χ4n) is 2.24. The smallest absolute Gasteiger partial charge is 0.253 e. The first kappa shape index (κ1) is 16.1. The summed E-state index contributed by atoms with van der Waals surface area (Å²) < 4.78 is 11.1. The van der Waals surface area contributed by atoms with Crippen LogP contribution in [0.1, 0.15) is 12.8 Å². The normalized spacial score (nSPS) is 17.0. The molecule has 120 valence electrons. The Morgan fingerprint density at radius 3 is 2.91 bits per heavy atom. The van der Waals surface area contributed by atoms with Gasteiger partial charge < -0.3 is 14.8 Å². The van der Waals surface area contributed by atoms with Crippen LogP contribution in [0.25, 0.3) is 0 Å². The van der Waals surface area contributed by atoms with Gasteiger partial charge in [0.1, 0.15) is 11.1 Å². The minimum Gasteiger partial charge on any atom is -0.435 e. The number of pyridine rings is 1. The van der Waals surface area contributed by atoms with Gasteiger partial charge >= 0.3 is 0 Å². The van der Waals surface area contributed by atoms with Crippen LogP contribution >= 0.6 is 23.2 Å². The predicted molar refractivity (Wildman–Crippen MR) is 88.4 cm³/mol. The van der Waals surface area contributed by atoms with Crippen LogP contribution in [-0.4, -0.2) is 23.6 Å². The van der Waals surface area contributed by atoms with Crippen molar-refractivity contribution in [3.05, 3.63) is 46.6 Å². The Balaban J connectivity index is 1.78. The molecule has 0 saturated carbocycles. The zero-order valence-corrected chi connectivity index (χ0v) is 13.6. The summed E-state index contributed by atoms with van der Waals surface area (Å²) in [7, 11) is 0. The van der Waals surface area contributed by atoms with Crippen molar-refractivity contribution < 1.29 is 14.3 Å². The van der Waals surface area contributed by atoms with Crippen molar-refractivity contribution in [1.29, 1.82) is 0 Å². The zero-order valence-electron chi connectivity index (χ0n) is 12.1. The molecule has 7 heteroatoms. The second kappa shape index (κ2) is 7.17. The van der Waals surface area contributed by atoms with Crippen LogP contribution in [-0.2, 0) is 9.53 Å². The number of ether oxygens (including phenoxy) is 2. The Morgan fingerprint density at radius 1 is 1.35 bits per heavy atom. The molecule has 1 atom stereocenters. The Labute approximate surface area is 143 Å². The number of halogens is 2. The largest absolute Gasteiger partial charge is 0.435 e. The van der Waals surface area contributed by atoms with Gasteiger partial charge in [-0.15, -0.1) is 0 Å². The number of rotatable bonds is 4. The first-order chi connectivity index (χ1) is 11.1. The summed E-state index contributed by atoms with van der Waals surface area (Å²) in [6.45, 7) is 0.612. The average Bonchev–Trinajstić information content (AvgIpc) is 3.06. The first-order valence-electron chi connectivity index (χ1n) is 7.14. The summed E-state index contributed by atoms with van der Waals surface area (Å²) >= 11 is 11.9. The quantitative estimate of drug-likeness (QED) is 0.890. The third-order valence-electron chi connectivity index (χ3n) is 3.35. The molecule has 1 aromatic carbocycles. The number of para-hydroxylation sites is 2. The van der Waals surface area contributed by atoms with Crippen molar-refractivity contribution >= 4 is 34.8 Å². The number of carbonyl (C=O) groups excluding carboxylic acids is 1. The SMILES string of the molecule is O=C(Nc1ccccc1Oc1ncc(Cl)cc1Cl)[C@H]1CCCO1. The van der Waals surface area contributed by atoms with E-state index in [1.54, 1.807) is 30.3 Å². The summed E-state index contributed by atoms with van der Waals surface area (Å²) in [6, 6.07) is 8.60. The minimum atomic E-state index is -0.416. The fourth-order valence-corrected chi connectivity index (χ4v) is 2.66. The summed E-state index contributed by atoms with van der Waals surface area (Å²) in [4.78, 5) is 16.2. The summed E-state index contributed by atoms with van der Waals surface area (Å²) in [5.41, 5.74) is 0.529. The van der Waals surface area contributed by atoms with Crippen molar-refractivity contribution in [2.75, 3.05) is 11.9 Å². The molecule has 0 unspecified atom stereocenters. The van der Waals surface area contributed by atoms with Crippen molar-refractivity contribution in [2.45, 2.75) is 18.9 Å². The van der Waals surface area contributed by atoms with Crippen LogP contribution < -0.4 is 10.1 Å². The van der Waals surface area contributed by atoms with E-state index in [1.807, 2.05) is 0 Å². The Morgan fingerprint density at radius 2 is 2.17 bits per heavy atom. The molecule has 0 radical (unpaired) electrons. The van der Waals surface area contributed by atoms with Gasteiger partial charge in [-0.2, -0.15) is 0 Å². The van der Waals surface area contributed by atoms with Crippen LogP contribution in [0.3, 0.4) is 0 Å². The van der Waals surface area contributed by atoms with Gasteiger partial charge in [0.05, 0.1) is 10.7 Å². The Kier molecular flexibility index (Phi) is 5.00. The third-order valence-corrected chi connectivity index (χ3v) is 3.83. The number of hydrogen-bond donors (Lipinski definition) is 1. The van der Waals surface area contributed by atoms with Crippen LogP contribution in [0.4, 0.5) is 5.69 Å². The second-order valence-corrected chi connectivity index (χ2v) is 5.87. The lowest BCUT2D eigenvalue weighted by Crippen LogP contribution is -2.27. The average molecular weight is 353 g/mol. The molecule has 1 N–H and O–H groups in total. The van der Waals surface area contributed by atoms with E-state index >= 15 is 0 Å². The monoisotopic (exact) mass is 352 g/mol.